The normalized spacial score (nSPS) is 18.2. The van der Waals surface area contributed by atoms with Crippen LogP contribution < -0.4 is 4.90 Å². The largest absolute Gasteiger partial charge is 0.370 e. The van der Waals surface area contributed by atoms with E-state index in [0.29, 0.717) is 25.5 Å². The van der Waals surface area contributed by atoms with E-state index in [2.05, 4.69) is 20.9 Å². The molecule has 1 aliphatic heterocycles. The molecule has 1 aromatic carbocycles. The molecular formula is C15H14BrN3O3. The third-order valence-corrected chi connectivity index (χ3v) is 4.30. The molecular weight excluding hydrogens is 350 g/mol. The van der Waals surface area contributed by atoms with Crippen molar-refractivity contribution in [1.29, 1.82) is 0 Å². The Morgan fingerprint density at radius 2 is 2.14 bits per heavy atom. The minimum absolute atomic E-state index is 0.0234. The summed E-state index contributed by atoms with van der Waals surface area (Å²) in [5.41, 5.74) is 1.06. The summed E-state index contributed by atoms with van der Waals surface area (Å²) in [7, 11) is 0. The van der Waals surface area contributed by atoms with Gasteiger partial charge in [-0.15, -0.1) is 0 Å². The van der Waals surface area contributed by atoms with Crippen molar-refractivity contribution in [1.82, 2.24) is 4.98 Å². The first-order chi connectivity index (χ1) is 10.7. The number of ether oxygens (including phenoxy) is 1. The average molecular weight is 364 g/mol. The summed E-state index contributed by atoms with van der Waals surface area (Å²) in [6.45, 7) is 1.61. The van der Waals surface area contributed by atoms with Gasteiger partial charge in [-0.1, -0.05) is 34.1 Å². The van der Waals surface area contributed by atoms with Crippen molar-refractivity contribution in [2.45, 2.75) is 6.10 Å². The van der Waals surface area contributed by atoms with Crippen LogP contribution in [-0.2, 0) is 4.74 Å². The maximum atomic E-state index is 11.2. The highest BCUT2D eigenvalue weighted by Crippen LogP contribution is 2.32. The van der Waals surface area contributed by atoms with Crippen LogP contribution in [0.4, 0.5) is 11.5 Å². The van der Waals surface area contributed by atoms with Crippen LogP contribution >= 0.6 is 15.9 Å². The highest BCUT2D eigenvalue weighted by molar-refractivity contribution is 9.10. The fraction of sp³-hybridized carbons (Fsp3) is 0.267. The van der Waals surface area contributed by atoms with Crippen molar-refractivity contribution in [2.24, 2.45) is 0 Å². The van der Waals surface area contributed by atoms with Crippen LogP contribution in [0.25, 0.3) is 0 Å². The predicted molar refractivity (Wildman–Crippen MR) is 85.9 cm³/mol. The first-order valence-electron chi connectivity index (χ1n) is 6.87. The number of aromatic nitrogens is 1. The summed E-state index contributed by atoms with van der Waals surface area (Å²) in [5, 5.41) is 11.2. The molecule has 0 N–H and O–H groups in total. The number of benzene rings is 1. The van der Waals surface area contributed by atoms with E-state index >= 15 is 0 Å². The monoisotopic (exact) mass is 363 g/mol. The van der Waals surface area contributed by atoms with Crippen LogP contribution in [0.1, 0.15) is 11.7 Å². The number of pyridine rings is 1. The minimum Gasteiger partial charge on any atom is -0.370 e. The molecule has 0 radical (unpaired) electrons. The van der Waals surface area contributed by atoms with Gasteiger partial charge in [0.05, 0.1) is 18.1 Å². The summed E-state index contributed by atoms with van der Waals surface area (Å²) in [6.07, 6.45) is 1.43. The van der Waals surface area contributed by atoms with Gasteiger partial charge in [-0.25, -0.2) is 4.98 Å². The van der Waals surface area contributed by atoms with E-state index < -0.39 is 4.92 Å². The highest BCUT2D eigenvalue weighted by atomic mass is 79.9. The van der Waals surface area contributed by atoms with Gasteiger partial charge in [0.15, 0.2) is 0 Å². The number of hydrogen-bond acceptors (Lipinski definition) is 5. The van der Waals surface area contributed by atoms with Crippen LogP contribution in [0.5, 0.6) is 0 Å². The van der Waals surface area contributed by atoms with Gasteiger partial charge in [0.1, 0.15) is 6.10 Å². The number of anilines is 1. The maximum Gasteiger partial charge on any atom is 0.311 e. The molecule has 1 aromatic heterocycles. The van der Waals surface area contributed by atoms with E-state index in [0.717, 1.165) is 10.0 Å². The topological polar surface area (TPSA) is 68.5 Å². The lowest BCUT2D eigenvalue weighted by atomic mass is 10.1. The average Bonchev–Trinajstić information content (AvgIpc) is 2.55. The summed E-state index contributed by atoms with van der Waals surface area (Å²) in [4.78, 5) is 16.9. The molecule has 0 bridgehead atoms. The summed E-state index contributed by atoms with van der Waals surface area (Å²) < 4.78 is 6.80. The van der Waals surface area contributed by atoms with Gasteiger partial charge in [0, 0.05) is 23.3 Å². The van der Waals surface area contributed by atoms with Gasteiger partial charge in [0.2, 0.25) is 5.82 Å². The maximum absolute atomic E-state index is 11.2. The summed E-state index contributed by atoms with van der Waals surface area (Å²) in [5.74, 6) is 0.396. The lowest BCUT2D eigenvalue weighted by molar-refractivity contribution is -0.384. The smallest absolute Gasteiger partial charge is 0.311 e. The Kier molecular flexibility index (Phi) is 4.35. The lowest BCUT2D eigenvalue weighted by Gasteiger charge is -2.33. The first-order valence-corrected chi connectivity index (χ1v) is 7.66. The molecule has 7 heteroatoms. The molecule has 0 amide bonds. The molecule has 2 heterocycles. The van der Waals surface area contributed by atoms with Crippen LogP contribution in [0.15, 0.2) is 47.1 Å². The van der Waals surface area contributed by atoms with E-state index in [9.17, 15) is 10.1 Å². The Morgan fingerprint density at radius 1 is 1.32 bits per heavy atom. The molecule has 0 spiro atoms. The second-order valence-electron chi connectivity index (χ2n) is 4.93. The molecule has 0 aliphatic carbocycles. The molecule has 2 aromatic rings. The van der Waals surface area contributed by atoms with Gasteiger partial charge in [-0.05, 0) is 17.7 Å². The highest BCUT2D eigenvalue weighted by Gasteiger charge is 2.28. The van der Waals surface area contributed by atoms with Crippen molar-refractivity contribution in [3.05, 3.63) is 62.7 Å². The Balaban J connectivity index is 1.88. The van der Waals surface area contributed by atoms with Gasteiger partial charge in [-0.2, -0.15) is 0 Å². The standard InChI is InChI=1S/C15H14BrN3O3/c16-12-5-2-1-4-11(12)14-10-18(8-9-22-14)15-13(19(20)21)6-3-7-17-15/h1-7,14H,8-10H2. The first kappa shape index (κ1) is 14.9. The molecule has 22 heavy (non-hydrogen) atoms. The second-order valence-corrected chi connectivity index (χ2v) is 5.78. The van der Waals surface area contributed by atoms with Crippen LogP contribution in [-0.4, -0.2) is 29.6 Å². The number of morpholine rings is 1. The quantitative estimate of drug-likeness (QED) is 0.617. The van der Waals surface area contributed by atoms with Gasteiger partial charge < -0.3 is 9.64 Å². The zero-order valence-corrected chi connectivity index (χ0v) is 13.3. The zero-order valence-electron chi connectivity index (χ0n) is 11.7. The molecule has 1 fully saturated rings. The fourth-order valence-electron chi connectivity index (χ4n) is 2.54. The molecule has 1 unspecified atom stereocenters. The van der Waals surface area contributed by atoms with E-state index in [1.54, 1.807) is 12.3 Å². The van der Waals surface area contributed by atoms with Crippen molar-refractivity contribution in [3.63, 3.8) is 0 Å². The van der Waals surface area contributed by atoms with Crippen LogP contribution in [0, 0.1) is 10.1 Å². The Bertz CT molecular complexity index is 695. The Morgan fingerprint density at radius 3 is 2.91 bits per heavy atom. The van der Waals surface area contributed by atoms with Crippen molar-refractivity contribution >= 4 is 27.4 Å². The van der Waals surface area contributed by atoms with Gasteiger partial charge >= 0.3 is 5.69 Å². The molecule has 0 saturated carbocycles. The summed E-state index contributed by atoms with van der Waals surface area (Å²) in [6, 6.07) is 10.9. The van der Waals surface area contributed by atoms with Gasteiger partial charge in [-0.3, -0.25) is 10.1 Å². The third-order valence-electron chi connectivity index (χ3n) is 3.58. The minimum atomic E-state index is -0.398. The fourth-order valence-corrected chi connectivity index (χ4v) is 3.08. The number of nitro groups is 1. The number of halogens is 1. The molecule has 114 valence electrons. The molecule has 1 saturated heterocycles. The second kappa shape index (κ2) is 6.41. The van der Waals surface area contributed by atoms with Crippen LogP contribution in [0.2, 0.25) is 0 Å². The van der Waals surface area contributed by atoms with Gasteiger partial charge in [0.25, 0.3) is 0 Å². The van der Waals surface area contributed by atoms with Crippen molar-refractivity contribution in [2.75, 3.05) is 24.6 Å². The number of nitrogens with zero attached hydrogens (tertiary/aromatic N) is 3. The SMILES string of the molecule is O=[N+]([O-])c1cccnc1N1CCOC(c2ccccc2Br)C1. The van der Waals surface area contributed by atoms with E-state index in [1.807, 2.05) is 29.2 Å². The van der Waals surface area contributed by atoms with E-state index in [1.165, 1.54) is 6.07 Å². The lowest BCUT2D eigenvalue weighted by Crippen LogP contribution is -2.39. The number of rotatable bonds is 3. The van der Waals surface area contributed by atoms with E-state index in [-0.39, 0.29) is 11.8 Å². The summed E-state index contributed by atoms with van der Waals surface area (Å²) >= 11 is 3.52. The van der Waals surface area contributed by atoms with Crippen molar-refractivity contribution in [3.8, 4) is 0 Å². The predicted octanol–water partition coefficient (Wildman–Crippen LogP) is 3.33. The Labute approximate surface area is 136 Å². The van der Waals surface area contributed by atoms with E-state index in [4.69, 9.17) is 4.74 Å². The number of hydrogen-bond donors (Lipinski definition) is 0. The molecule has 6 nitrogen and oxygen atoms in total. The third kappa shape index (κ3) is 2.95. The van der Waals surface area contributed by atoms with Crippen molar-refractivity contribution < 1.29 is 9.66 Å². The van der Waals surface area contributed by atoms with Crippen LogP contribution in [0.3, 0.4) is 0 Å². The molecule has 1 aliphatic rings. The molecule has 1 atom stereocenters. The zero-order chi connectivity index (χ0) is 15.5. The molecule has 3 rings (SSSR count). The Hall–Kier alpha value is -1.99.